The fraction of sp³-hybridized carbons (Fsp3) is 0.200. The van der Waals surface area contributed by atoms with Crippen molar-refractivity contribution in [1.29, 1.82) is 0 Å². The first-order chi connectivity index (χ1) is 10.9. The molecule has 8 heteroatoms. The number of hydrogen-bond acceptors (Lipinski definition) is 5. The van der Waals surface area contributed by atoms with Crippen LogP contribution in [0.3, 0.4) is 0 Å². The van der Waals surface area contributed by atoms with Gasteiger partial charge in [-0.15, -0.1) is 0 Å². The highest BCUT2D eigenvalue weighted by atomic mass is 32.2. The van der Waals surface area contributed by atoms with Gasteiger partial charge in [0, 0.05) is 24.4 Å². The molecule has 0 atom stereocenters. The number of nitrogen functional groups attached to an aromatic ring is 1. The van der Waals surface area contributed by atoms with Gasteiger partial charge in [0.15, 0.2) is 0 Å². The zero-order valence-electron chi connectivity index (χ0n) is 12.2. The topological polar surface area (TPSA) is 107 Å². The van der Waals surface area contributed by atoms with Gasteiger partial charge in [-0.05, 0) is 42.7 Å². The number of anilines is 2. The van der Waals surface area contributed by atoms with E-state index in [1.165, 1.54) is 28.6 Å². The van der Waals surface area contributed by atoms with E-state index in [9.17, 15) is 18.5 Å². The molecule has 0 amide bonds. The molecule has 0 radical (unpaired) electrons. The molecule has 2 N–H and O–H groups in total. The normalized spacial score (nSPS) is 14.3. The van der Waals surface area contributed by atoms with Crippen LogP contribution < -0.4 is 10.0 Å². The Balaban J connectivity index is 2.05. The Bertz CT molecular complexity index is 863. The summed E-state index contributed by atoms with van der Waals surface area (Å²) in [4.78, 5) is 10.2. The minimum Gasteiger partial charge on any atom is -0.398 e. The molecular formula is C15H15N3O4S. The molecule has 0 bridgehead atoms. The van der Waals surface area contributed by atoms with E-state index in [0.717, 1.165) is 12.0 Å². The van der Waals surface area contributed by atoms with Crippen molar-refractivity contribution in [3.63, 3.8) is 0 Å². The smallest absolute Gasteiger partial charge is 0.269 e. The lowest BCUT2D eigenvalue weighted by Gasteiger charge is -2.31. The monoisotopic (exact) mass is 333 g/mol. The minimum absolute atomic E-state index is 0.0263. The number of nitrogens with zero attached hydrogens (tertiary/aromatic N) is 2. The van der Waals surface area contributed by atoms with E-state index in [2.05, 4.69) is 0 Å². The molecule has 7 nitrogen and oxygen atoms in total. The molecule has 0 fully saturated rings. The molecule has 1 aliphatic heterocycles. The van der Waals surface area contributed by atoms with Crippen molar-refractivity contribution in [2.24, 2.45) is 0 Å². The summed E-state index contributed by atoms with van der Waals surface area (Å²) in [5.74, 6) is 0. The molecule has 2 aromatic rings. The van der Waals surface area contributed by atoms with Crippen molar-refractivity contribution in [3.8, 4) is 0 Å². The van der Waals surface area contributed by atoms with E-state index >= 15 is 0 Å². The maximum Gasteiger partial charge on any atom is 0.269 e. The van der Waals surface area contributed by atoms with E-state index in [4.69, 9.17) is 5.73 Å². The predicted molar refractivity (Wildman–Crippen MR) is 86.8 cm³/mol. The summed E-state index contributed by atoms with van der Waals surface area (Å²) in [5, 5.41) is 10.7. The molecule has 1 aliphatic rings. The molecular weight excluding hydrogens is 318 g/mol. The lowest BCUT2D eigenvalue weighted by Crippen LogP contribution is -2.35. The summed E-state index contributed by atoms with van der Waals surface area (Å²) >= 11 is 0. The number of nitrogens with two attached hydrogens (primary N) is 1. The van der Waals surface area contributed by atoms with Crippen LogP contribution in [0.25, 0.3) is 0 Å². The van der Waals surface area contributed by atoms with Gasteiger partial charge in [-0.2, -0.15) is 0 Å². The first-order valence-electron chi connectivity index (χ1n) is 7.06. The summed E-state index contributed by atoms with van der Waals surface area (Å²) in [7, 11) is -3.78. The molecule has 0 aliphatic carbocycles. The second-order valence-corrected chi connectivity index (χ2v) is 7.14. The van der Waals surface area contributed by atoms with Crippen LogP contribution >= 0.6 is 0 Å². The highest BCUT2D eigenvalue weighted by molar-refractivity contribution is 7.92. The Morgan fingerprint density at radius 3 is 2.48 bits per heavy atom. The average Bonchev–Trinajstić information content (AvgIpc) is 2.55. The third-order valence-corrected chi connectivity index (χ3v) is 5.71. The van der Waals surface area contributed by atoms with E-state index < -0.39 is 14.9 Å². The summed E-state index contributed by atoms with van der Waals surface area (Å²) in [5.41, 5.74) is 7.77. The number of nitro groups is 1. The van der Waals surface area contributed by atoms with Crippen molar-refractivity contribution in [1.82, 2.24) is 0 Å². The Morgan fingerprint density at radius 2 is 1.83 bits per heavy atom. The van der Waals surface area contributed by atoms with Crippen LogP contribution in [0.15, 0.2) is 47.4 Å². The first kappa shape index (κ1) is 15.3. The number of non-ortho nitro benzene ring substituents is 1. The van der Waals surface area contributed by atoms with E-state index in [0.29, 0.717) is 24.3 Å². The first-order valence-corrected chi connectivity index (χ1v) is 8.50. The Morgan fingerprint density at radius 1 is 1.13 bits per heavy atom. The highest BCUT2D eigenvalue weighted by Crippen LogP contribution is 2.35. The number of nitro benzene ring substituents is 1. The quantitative estimate of drug-likeness (QED) is 0.527. The zero-order valence-corrected chi connectivity index (χ0v) is 13.0. The van der Waals surface area contributed by atoms with Gasteiger partial charge in [0.25, 0.3) is 15.7 Å². The number of fused-ring (bicyclic) bond motifs is 1. The van der Waals surface area contributed by atoms with Gasteiger partial charge in [-0.3, -0.25) is 14.4 Å². The molecule has 3 rings (SSSR count). The van der Waals surface area contributed by atoms with Crippen LogP contribution in [0.2, 0.25) is 0 Å². The van der Waals surface area contributed by atoms with Crippen molar-refractivity contribution < 1.29 is 13.3 Å². The fourth-order valence-corrected chi connectivity index (χ4v) is 4.27. The number of hydrogen-bond donors (Lipinski definition) is 1. The average molecular weight is 333 g/mol. The largest absolute Gasteiger partial charge is 0.398 e. The minimum atomic E-state index is -3.78. The molecule has 1 heterocycles. The summed E-state index contributed by atoms with van der Waals surface area (Å²) in [6, 6.07) is 10.1. The van der Waals surface area contributed by atoms with Crippen LogP contribution in [0.1, 0.15) is 12.0 Å². The van der Waals surface area contributed by atoms with Crippen molar-refractivity contribution in [2.45, 2.75) is 17.7 Å². The Hall–Kier alpha value is -2.61. The molecule has 0 saturated carbocycles. The van der Waals surface area contributed by atoms with Crippen LogP contribution in [0.5, 0.6) is 0 Å². The van der Waals surface area contributed by atoms with Crippen LogP contribution in [0, 0.1) is 10.1 Å². The van der Waals surface area contributed by atoms with Gasteiger partial charge in [-0.25, -0.2) is 8.42 Å². The Labute approximate surface area is 133 Å². The van der Waals surface area contributed by atoms with E-state index in [1.807, 2.05) is 0 Å². The van der Waals surface area contributed by atoms with Gasteiger partial charge in [0.05, 0.1) is 15.5 Å². The van der Waals surface area contributed by atoms with Gasteiger partial charge in [0.2, 0.25) is 0 Å². The number of rotatable bonds is 3. The molecule has 0 aromatic heterocycles. The molecule has 23 heavy (non-hydrogen) atoms. The van der Waals surface area contributed by atoms with E-state index in [-0.39, 0.29) is 10.6 Å². The van der Waals surface area contributed by atoms with Crippen LogP contribution in [0.4, 0.5) is 17.1 Å². The third-order valence-electron chi connectivity index (χ3n) is 3.88. The molecule has 0 unspecified atom stereocenters. The number of benzene rings is 2. The maximum absolute atomic E-state index is 12.9. The van der Waals surface area contributed by atoms with Crippen LogP contribution in [-0.4, -0.2) is 19.9 Å². The second kappa shape index (κ2) is 5.54. The lowest BCUT2D eigenvalue weighted by molar-refractivity contribution is -0.384. The lowest BCUT2D eigenvalue weighted by atomic mass is 10.0. The molecule has 120 valence electrons. The third kappa shape index (κ3) is 2.61. The van der Waals surface area contributed by atoms with Crippen molar-refractivity contribution in [2.75, 3.05) is 16.6 Å². The molecule has 0 saturated heterocycles. The number of sulfonamides is 1. The SMILES string of the molecule is Nc1cccc2c1CCCN2S(=O)(=O)c1ccc([N+](=O)[O-])cc1. The van der Waals surface area contributed by atoms with Crippen molar-refractivity contribution in [3.05, 3.63) is 58.1 Å². The Kier molecular flexibility index (Phi) is 3.69. The fourth-order valence-electron chi connectivity index (χ4n) is 2.73. The predicted octanol–water partition coefficient (Wildman–Crippen LogP) is 2.32. The standard InChI is InChI=1S/C15H15N3O4S/c16-14-4-1-5-15-13(14)3-2-10-17(15)23(21,22)12-8-6-11(7-9-12)18(19)20/h1,4-9H,2-3,10,16H2. The maximum atomic E-state index is 12.9. The summed E-state index contributed by atoms with van der Waals surface area (Å²) in [6.07, 6.45) is 1.40. The summed E-state index contributed by atoms with van der Waals surface area (Å²) < 4.78 is 27.0. The van der Waals surface area contributed by atoms with Gasteiger partial charge in [-0.1, -0.05) is 6.07 Å². The van der Waals surface area contributed by atoms with Gasteiger partial charge >= 0.3 is 0 Å². The second-order valence-electron chi connectivity index (χ2n) is 5.28. The molecule has 2 aromatic carbocycles. The van der Waals surface area contributed by atoms with Crippen molar-refractivity contribution >= 4 is 27.1 Å². The van der Waals surface area contributed by atoms with Gasteiger partial charge < -0.3 is 5.73 Å². The highest BCUT2D eigenvalue weighted by Gasteiger charge is 2.30. The summed E-state index contributed by atoms with van der Waals surface area (Å²) in [6.45, 7) is 0.357. The van der Waals surface area contributed by atoms with E-state index in [1.54, 1.807) is 18.2 Å². The van der Waals surface area contributed by atoms with Crippen LogP contribution in [-0.2, 0) is 16.4 Å². The van der Waals surface area contributed by atoms with Gasteiger partial charge in [0.1, 0.15) is 0 Å². The molecule has 0 spiro atoms. The zero-order chi connectivity index (χ0) is 16.6.